The Hall–Kier alpha value is -1.86. The summed E-state index contributed by atoms with van der Waals surface area (Å²) in [5, 5.41) is 0.685. The first kappa shape index (κ1) is 16.0. The van der Waals surface area contributed by atoms with E-state index < -0.39 is 0 Å². The first-order chi connectivity index (χ1) is 11.2. The van der Waals surface area contributed by atoms with Gasteiger partial charge in [-0.05, 0) is 32.8 Å². The lowest BCUT2D eigenvalue weighted by molar-refractivity contribution is 0.00738. The Labute approximate surface area is 139 Å². The van der Waals surface area contributed by atoms with Gasteiger partial charge >= 0.3 is 0 Å². The summed E-state index contributed by atoms with van der Waals surface area (Å²) in [4.78, 5) is 28.2. The third-order valence-electron chi connectivity index (χ3n) is 3.82. The molecule has 0 aliphatic carbocycles. The van der Waals surface area contributed by atoms with Crippen LogP contribution in [0.2, 0.25) is 0 Å². The molecule has 7 heteroatoms. The van der Waals surface area contributed by atoms with Crippen LogP contribution in [0.3, 0.4) is 0 Å². The highest BCUT2D eigenvalue weighted by molar-refractivity contribution is 7.17. The molecule has 1 aliphatic heterocycles. The lowest BCUT2D eigenvalue weighted by Gasteiger charge is -2.32. The summed E-state index contributed by atoms with van der Waals surface area (Å²) in [7, 11) is 0. The molecule has 0 saturated carbocycles. The van der Waals surface area contributed by atoms with E-state index in [2.05, 4.69) is 15.0 Å². The van der Waals surface area contributed by atoms with Crippen molar-refractivity contribution in [2.75, 3.05) is 19.7 Å². The monoisotopic (exact) mass is 332 g/mol. The molecule has 2 aromatic heterocycles. The first-order valence-electron chi connectivity index (χ1n) is 7.84. The first-order valence-corrected chi connectivity index (χ1v) is 8.66. The number of ether oxygens (including phenoxy) is 1. The Morgan fingerprint density at radius 2 is 2.22 bits per heavy atom. The van der Waals surface area contributed by atoms with E-state index in [0.29, 0.717) is 28.9 Å². The van der Waals surface area contributed by atoms with E-state index in [4.69, 9.17) is 4.74 Å². The zero-order valence-corrected chi connectivity index (χ0v) is 14.2. The highest BCUT2D eigenvalue weighted by Crippen LogP contribution is 2.27. The molecule has 0 N–H and O–H groups in total. The van der Waals surface area contributed by atoms with Crippen molar-refractivity contribution < 1.29 is 9.53 Å². The fourth-order valence-electron chi connectivity index (χ4n) is 2.74. The smallest absolute Gasteiger partial charge is 0.265 e. The standard InChI is InChI=1S/C16H20N4O2S/c1-3-22-12-6-4-9-20(10-12)16(21)13-11(2)19-15(23-13)14-17-7-5-8-18-14/h5,7-8,12H,3-4,6,9-10H2,1-2H3/t12-/m1/s1. The zero-order valence-electron chi connectivity index (χ0n) is 13.4. The van der Waals surface area contributed by atoms with Gasteiger partial charge in [-0.25, -0.2) is 15.0 Å². The molecule has 0 spiro atoms. The number of carbonyl (C=O) groups excluding carboxylic acids is 1. The second kappa shape index (κ2) is 7.14. The average molecular weight is 332 g/mol. The van der Waals surface area contributed by atoms with Crippen LogP contribution in [0, 0.1) is 6.92 Å². The normalized spacial score (nSPS) is 18.2. The summed E-state index contributed by atoms with van der Waals surface area (Å²) in [6.07, 6.45) is 5.49. The van der Waals surface area contributed by atoms with E-state index in [1.165, 1.54) is 11.3 Å². The maximum atomic E-state index is 12.8. The molecular weight excluding hydrogens is 312 g/mol. The van der Waals surface area contributed by atoms with Gasteiger partial charge in [-0.2, -0.15) is 0 Å². The number of hydrogen-bond acceptors (Lipinski definition) is 6. The number of carbonyl (C=O) groups is 1. The van der Waals surface area contributed by atoms with Gasteiger partial charge in [0, 0.05) is 32.1 Å². The second-order valence-electron chi connectivity index (χ2n) is 5.48. The number of likely N-dealkylation sites (tertiary alicyclic amines) is 1. The van der Waals surface area contributed by atoms with Crippen LogP contribution >= 0.6 is 11.3 Å². The van der Waals surface area contributed by atoms with Gasteiger partial charge in [-0.3, -0.25) is 4.79 Å². The van der Waals surface area contributed by atoms with Crippen molar-refractivity contribution in [1.29, 1.82) is 0 Å². The van der Waals surface area contributed by atoms with E-state index in [1.807, 2.05) is 18.7 Å². The Kier molecular flexibility index (Phi) is 4.97. The van der Waals surface area contributed by atoms with Gasteiger partial charge in [0.15, 0.2) is 10.8 Å². The zero-order chi connectivity index (χ0) is 16.2. The molecule has 1 amide bonds. The summed E-state index contributed by atoms with van der Waals surface area (Å²) < 4.78 is 5.68. The van der Waals surface area contributed by atoms with Gasteiger partial charge in [0.1, 0.15) is 4.88 Å². The molecule has 0 radical (unpaired) electrons. The number of hydrogen-bond donors (Lipinski definition) is 0. The van der Waals surface area contributed by atoms with Crippen LogP contribution in [-0.2, 0) is 4.74 Å². The molecule has 0 aromatic carbocycles. The van der Waals surface area contributed by atoms with Gasteiger partial charge in [-0.15, -0.1) is 11.3 Å². The summed E-state index contributed by atoms with van der Waals surface area (Å²) in [5.41, 5.74) is 0.737. The van der Waals surface area contributed by atoms with Gasteiger partial charge in [0.25, 0.3) is 5.91 Å². The minimum atomic E-state index is 0.0339. The minimum Gasteiger partial charge on any atom is -0.377 e. The largest absolute Gasteiger partial charge is 0.377 e. The van der Waals surface area contributed by atoms with Crippen LogP contribution in [0.15, 0.2) is 18.5 Å². The molecule has 1 fully saturated rings. The summed E-state index contributed by atoms with van der Waals surface area (Å²) >= 11 is 1.36. The fraction of sp³-hybridized carbons (Fsp3) is 0.500. The summed E-state index contributed by atoms with van der Waals surface area (Å²) in [6.45, 7) is 5.96. The van der Waals surface area contributed by atoms with E-state index >= 15 is 0 Å². The number of thiazole rings is 1. The van der Waals surface area contributed by atoms with Crippen LogP contribution in [0.4, 0.5) is 0 Å². The third kappa shape index (κ3) is 3.56. The molecule has 0 unspecified atom stereocenters. The summed E-state index contributed by atoms with van der Waals surface area (Å²) in [6, 6.07) is 1.76. The Balaban J connectivity index is 1.79. The van der Waals surface area contributed by atoms with Crippen molar-refractivity contribution in [1.82, 2.24) is 19.9 Å². The molecule has 1 atom stereocenters. The van der Waals surface area contributed by atoms with E-state index in [0.717, 1.165) is 25.1 Å². The maximum absolute atomic E-state index is 12.8. The van der Waals surface area contributed by atoms with Crippen molar-refractivity contribution >= 4 is 17.2 Å². The molecule has 122 valence electrons. The Morgan fingerprint density at radius 1 is 1.43 bits per heavy atom. The molecular formula is C16H20N4O2S. The quantitative estimate of drug-likeness (QED) is 0.861. The lowest BCUT2D eigenvalue weighted by Crippen LogP contribution is -2.43. The highest BCUT2D eigenvalue weighted by Gasteiger charge is 2.27. The van der Waals surface area contributed by atoms with E-state index in [1.54, 1.807) is 18.5 Å². The number of nitrogens with zero attached hydrogens (tertiary/aromatic N) is 4. The molecule has 1 aliphatic rings. The number of amides is 1. The van der Waals surface area contributed by atoms with Gasteiger partial charge in [-0.1, -0.05) is 0 Å². The summed E-state index contributed by atoms with van der Waals surface area (Å²) in [5.74, 6) is 0.595. The van der Waals surface area contributed by atoms with Crippen molar-refractivity contribution in [3.63, 3.8) is 0 Å². The van der Waals surface area contributed by atoms with Crippen LogP contribution in [0.25, 0.3) is 10.8 Å². The van der Waals surface area contributed by atoms with Crippen molar-refractivity contribution in [3.05, 3.63) is 29.0 Å². The van der Waals surface area contributed by atoms with Crippen LogP contribution < -0.4 is 0 Å². The van der Waals surface area contributed by atoms with Crippen molar-refractivity contribution in [3.8, 4) is 10.8 Å². The Bertz CT molecular complexity index is 672. The lowest BCUT2D eigenvalue weighted by atomic mass is 10.1. The molecule has 2 aromatic rings. The number of piperidine rings is 1. The molecule has 3 rings (SSSR count). The Morgan fingerprint density at radius 3 is 2.96 bits per heavy atom. The maximum Gasteiger partial charge on any atom is 0.265 e. The molecule has 1 saturated heterocycles. The van der Waals surface area contributed by atoms with Crippen LogP contribution in [0.1, 0.15) is 35.1 Å². The molecule has 23 heavy (non-hydrogen) atoms. The van der Waals surface area contributed by atoms with Crippen molar-refractivity contribution in [2.45, 2.75) is 32.8 Å². The van der Waals surface area contributed by atoms with E-state index in [9.17, 15) is 4.79 Å². The molecule has 0 bridgehead atoms. The predicted molar refractivity (Wildman–Crippen MR) is 88.4 cm³/mol. The third-order valence-corrected chi connectivity index (χ3v) is 4.96. The van der Waals surface area contributed by atoms with Crippen LogP contribution in [-0.4, -0.2) is 51.6 Å². The van der Waals surface area contributed by atoms with Crippen LogP contribution in [0.5, 0.6) is 0 Å². The SMILES string of the molecule is CCO[C@@H]1CCCN(C(=O)c2sc(-c3ncccn3)nc2C)C1. The number of rotatable bonds is 4. The van der Waals surface area contributed by atoms with Gasteiger partial charge in [0.05, 0.1) is 11.8 Å². The van der Waals surface area contributed by atoms with Crippen molar-refractivity contribution in [2.24, 2.45) is 0 Å². The number of aromatic nitrogens is 3. The highest BCUT2D eigenvalue weighted by atomic mass is 32.1. The fourth-order valence-corrected chi connectivity index (χ4v) is 3.72. The molecule has 6 nitrogen and oxygen atoms in total. The minimum absolute atomic E-state index is 0.0339. The molecule has 3 heterocycles. The van der Waals surface area contributed by atoms with Gasteiger partial charge in [0.2, 0.25) is 0 Å². The second-order valence-corrected chi connectivity index (χ2v) is 6.48. The van der Waals surface area contributed by atoms with Gasteiger partial charge < -0.3 is 9.64 Å². The average Bonchev–Trinajstić information content (AvgIpc) is 2.97. The predicted octanol–water partition coefficient (Wildman–Crippen LogP) is 2.55. The van der Waals surface area contributed by atoms with E-state index in [-0.39, 0.29) is 12.0 Å². The number of aryl methyl sites for hydroxylation is 1. The topological polar surface area (TPSA) is 68.2 Å².